The minimum absolute atomic E-state index is 0.686. The molecule has 1 aromatic carbocycles. The van der Waals surface area contributed by atoms with Gasteiger partial charge in [0.05, 0.1) is 5.69 Å². The van der Waals surface area contributed by atoms with E-state index in [1.165, 1.54) is 5.56 Å². The van der Waals surface area contributed by atoms with Gasteiger partial charge in [-0.3, -0.25) is 4.98 Å². The Labute approximate surface area is 152 Å². The highest BCUT2D eigenvalue weighted by Gasteiger charge is 2.15. The Morgan fingerprint density at radius 3 is 2.58 bits per heavy atom. The Balaban J connectivity index is 1.78. The number of benzene rings is 1. The van der Waals surface area contributed by atoms with Crippen LogP contribution in [0, 0.1) is 20.8 Å². The highest BCUT2D eigenvalue weighted by Crippen LogP contribution is 2.29. The highest BCUT2D eigenvalue weighted by molar-refractivity contribution is 5.81. The molecule has 5 heteroatoms. The molecule has 5 nitrogen and oxygen atoms in total. The fourth-order valence-corrected chi connectivity index (χ4v) is 3.12. The standard InChI is InChI=1S/C21H21N5/c1-14-6-8-18(9-7-14)20-16(3)25-26-19(11-15(2)24-21(20)26)23-13-17-5-4-10-22-12-17/h4-12,23H,13H2,1-3H3. The zero-order valence-corrected chi connectivity index (χ0v) is 15.2. The molecule has 0 radical (unpaired) electrons. The highest BCUT2D eigenvalue weighted by atomic mass is 15.3. The first-order valence-corrected chi connectivity index (χ1v) is 8.68. The fraction of sp³-hybridized carbons (Fsp3) is 0.190. The van der Waals surface area contributed by atoms with Gasteiger partial charge in [0.25, 0.3) is 0 Å². The summed E-state index contributed by atoms with van der Waals surface area (Å²) in [4.78, 5) is 8.93. The largest absolute Gasteiger partial charge is 0.366 e. The lowest BCUT2D eigenvalue weighted by molar-refractivity contribution is 0.899. The molecule has 0 bridgehead atoms. The lowest BCUT2D eigenvalue weighted by atomic mass is 10.0. The molecule has 3 aromatic heterocycles. The monoisotopic (exact) mass is 343 g/mol. The van der Waals surface area contributed by atoms with Gasteiger partial charge in [0.1, 0.15) is 5.82 Å². The van der Waals surface area contributed by atoms with Crippen LogP contribution in [0.3, 0.4) is 0 Å². The molecular formula is C21H21N5. The number of hydrogen-bond donors (Lipinski definition) is 1. The van der Waals surface area contributed by atoms with Crippen LogP contribution in [-0.2, 0) is 6.54 Å². The number of nitrogens with one attached hydrogen (secondary N) is 1. The van der Waals surface area contributed by atoms with E-state index in [1.807, 2.05) is 36.7 Å². The van der Waals surface area contributed by atoms with Crippen molar-refractivity contribution < 1.29 is 0 Å². The summed E-state index contributed by atoms with van der Waals surface area (Å²) in [5, 5.41) is 8.21. The SMILES string of the molecule is Cc1ccc(-c2c(C)nn3c(NCc4cccnc4)cc(C)nc23)cc1. The van der Waals surface area contributed by atoms with Crippen molar-refractivity contribution in [2.75, 3.05) is 5.32 Å². The van der Waals surface area contributed by atoms with E-state index in [0.717, 1.165) is 39.5 Å². The molecule has 0 unspecified atom stereocenters. The summed E-state index contributed by atoms with van der Waals surface area (Å²) in [6.07, 6.45) is 3.65. The van der Waals surface area contributed by atoms with Crippen LogP contribution in [0.4, 0.5) is 5.82 Å². The second kappa shape index (κ2) is 6.59. The van der Waals surface area contributed by atoms with E-state index in [4.69, 9.17) is 10.1 Å². The summed E-state index contributed by atoms with van der Waals surface area (Å²) in [5.74, 6) is 0.929. The zero-order valence-electron chi connectivity index (χ0n) is 15.2. The number of anilines is 1. The summed E-state index contributed by atoms with van der Waals surface area (Å²) in [7, 11) is 0. The number of nitrogens with zero attached hydrogens (tertiary/aromatic N) is 4. The van der Waals surface area contributed by atoms with Gasteiger partial charge in [-0.05, 0) is 38.0 Å². The maximum Gasteiger partial charge on any atom is 0.165 e. The van der Waals surface area contributed by atoms with Crippen LogP contribution in [0.5, 0.6) is 0 Å². The Morgan fingerprint density at radius 2 is 1.85 bits per heavy atom. The normalized spacial score (nSPS) is 11.0. The molecule has 4 rings (SSSR count). The van der Waals surface area contributed by atoms with Gasteiger partial charge >= 0.3 is 0 Å². The Kier molecular flexibility index (Phi) is 4.13. The fourth-order valence-electron chi connectivity index (χ4n) is 3.12. The molecule has 26 heavy (non-hydrogen) atoms. The molecule has 4 aromatic rings. The first-order chi connectivity index (χ1) is 12.6. The van der Waals surface area contributed by atoms with Crippen LogP contribution >= 0.6 is 0 Å². The Bertz CT molecular complexity index is 1050. The smallest absolute Gasteiger partial charge is 0.165 e. The Morgan fingerprint density at radius 1 is 1.04 bits per heavy atom. The van der Waals surface area contributed by atoms with Gasteiger partial charge in [-0.15, -0.1) is 0 Å². The number of rotatable bonds is 4. The summed E-state index contributed by atoms with van der Waals surface area (Å²) < 4.78 is 1.90. The molecule has 0 amide bonds. The molecule has 3 heterocycles. The number of aromatic nitrogens is 4. The quantitative estimate of drug-likeness (QED) is 0.599. The van der Waals surface area contributed by atoms with Gasteiger partial charge in [-0.2, -0.15) is 9.61 Å². The van der Waals surface area contributed by atoms with Crippen molar-refractivity contribution in [3.05, 3.63) is 77.4 Å². The summed E-state index contributed by atoms with van der Waals surface area (Å²) in [6, 6.07) is 14.5. The molecule has 0 atom stereocenters. The predicted octanol–water partition coefficient (Wildman–Crippen LogP) is 4.33. The van der Waals surface area contributed by atoms with Gasteiger partial charge in [0.2, 0.25) is 0 Å². The average Bonchev–Trinajstić information content (AvgIpc) is 2.97. The molecule has 0 aliphatic carbocycles. The van der Waals surface area contributed by atoms with Crippen molar-refractivity contribution in [3.63, 3.8) is 0 Å². The van der Waals surface area contributed by atoms with E-state index in [0.29, 0.717) is 6.54 Å². The molecule has 0 aliphatic heterocycles. The van der Waals surface area contributed by atoms with Crippen molar-refractivity contribution in [2.45, 2.75) is 27.3 Å². The first-order valence-electron chi connectivity index (χ1n) is 8.68. The number of pyridine rings is 1. The van der Waals surface area contributed by atoms with Crippen molar-refractivity contribution in [1.82, 2.24) is 19.6 Å². The van der Waals surface area contributed by atoms with Gasteiger partial charge in [0.15, 0.2) is 5.65 Å². The van der Waals surface area contributed by atoms with E-state index >= 15 is 0 Å². The second-order valence-corrected chi connectivity index (χ2v) is 6.56. The van der Waals surface area contributed by atoms with E-state index < -0.39 is 0 Å². The van der Waals surface area contributed by atoms with E-state index in [1.54, 1.807) is 6.20 Å². The lowest BCUT2D eigenvalue weighted by Gasteiger charge is -2.10. The van der Waals surface area contributed by atoms with Crippen LogP contribution in [0.1, 0.15) is 22.5 Å². The van der Waals surface area contributed by atoms with Crippen LogP contribution in [-0.4, -0.2) is 19.6 Å². The molecule has 130 valence electrons. The summed E-state index contributed by atoms with van der Waals surface area (Å²) >= 11 is 0. The molecule has 0 spiro atoms. The van der Waals surface area contributed by atoms with Crippen LogP contribution in [0.25, 0.3) is 16.8 Å². The molecule has 0 fully saturated rings. The van der Waals surface area contributed by atoms with Crippen molar-refractivity contribution >= 4 is 11.5 Å². The van der Waals surface area contributed by atoms with Gasteiger partial charge in [-0.25, -0.2) is 4.98 Å². The van der Waals surface area contributed by atoms with Gasteiger partial charge < -0.3 is 5.32 Å². The summed E-state index contributed by atoms with van der Waals surface area (Å²) in [6.45, 7) is 6.82. The topological polar surface area (TPSA) is 55.1 Å². The number of fused-ring (bicyclic) bond motifs is 1. The van der Waals surface area contributed by atoms with Crippen LogP contribution in [0.2, 0.25) is 0 Å². The molecule has 0 saturated carbocycles. The molecule has 0 aliphatic rings. The second-order valence-electron chi connectivity index (χ2n) is 6.56. The van der Waals surface area contributed by atoms with Crippen LogP contribution in [0.15, 0.2) is 54.9 Å². The third-order valence-corrected chi connectivity index (χ3v) is 4.43. The van der Waals surface area contributed by atoms with E-state index in [2.05, 4.69) is 47.6 Å². The third-order valence-electron chi connectivity index (χ3n) is 4.43. The van der Waals surface area contributed by atoms with Crippen LogP contribution < -0.4 is 5.32 Å². The summed E-state index contributed by atoms with van der Waals surface area (Å²) in [5.41, 5.74) is 7.39. The predicted molar refractivity (Wildman–Crippen MR) is 104 cm³/mol. The first kappa shape index (κ1) is 16.3. The zero-order chi connectivity index (χ0) is 18.1. The maximum atomic E-state index is 4.76. The van der Waals surface area contributed by atoms with Crippen molar-refractivity contribution in [2.24, 2.45) is 0 Å². The molecule has 0 saturated heterocycles. The minimum atomic E-state index is 0.686. The molecular weight excluding hydrogens is 322 g/mol. The minimum Gasteiger partial charge on any atom is -0.366 e. The molecule has 1 N–H and O–H groups in total. The van der Waals surface area contributed by atoms with E-state index in [-0.39, 0.29) is 0 Å². The Hall–Kier alpha value is -3.21. The number of hydrogen-bond acceptors (Lipinski definition) is 4. The maximum absolute atomic E-state index is 4.76. The van der Waals surface area contributed by atoms with Gasteiger partial charge in [-0.1, -0.05) is 35.9 Å². The van der Waals surface area contributed by atoms with E-state index in [9.17, 15) is 0 Å². The average molecular weight is 343 g/mol. The van der Waals surface area contributed by atoms with Crippen molar-refractivity contribution in [3.8, 4) is 11.1 Å². The number of aryl methyl sites for hydroxylation is 3. The van der Waals surface area contributed by atoms with Gasteiger partial charge in [0, 0.05) is 36.3 Å². The third kappa shape index (κ3) is 3.04. The lowest BCUT2D eigenvalue weighted by Crippen LogP contribution is -2.07. The van der Waals surface area contributed by atoms with Crippen molar-refractivity contribution in [1.29, 1.82) is 0 Å².